The maximum absolute atomic E-state index is 13.2. The van der Waals surface area contributed by atoms with Gasteiger partial charge in [-0.1, -0.05) is 12.8 Å². The number of aromatic nitrogens is 3. The number of hydrogen-bond donors (Lipinski definition) is 1. The second kappa shape index (κ2) is 5.71. The summed E-state index contributed by atoms with van der Waals surface area (Å²) >= 11 is 0. The largest absolute Gasteiger partial charge is 0.368 e. The Labute approximate surface area is 123 Å². The molecular weight excluding hydrogens is 269 g/mol. The van der Waals surface area contributed by atoms with E-state index in [0.29, 0.717) is 11.9 Å². The molecule has 0 amide bonds. The Hall–Kier alpha value is -2.11. The van der Waals surface area contributed by atoms with Crippen molar-refractivity contribution in [2.45, 2.75) is 32.6 Å². The minimum atomic E-state index is -0.261. The fourth-order valence-electron chi connectivity index (χ4n) is 2.75. The summed E-state index contributed by atoms with van der Waals surface area (Å²) in [5.74, 6) is 0.741. The monoisotopic (exact) mass is 289 g/mol. The second-order valence-electron chi connectivity index (χ2n) is 5.51. The highest BCUT2D eigenvalue weighted by molar-refractivity contribution is 5.47. The highest BCUT2D eigenvalue weighted by Gasteiger charge is 2.17. The molecule has 0 atom stereocenters. The molecule has 0 unspecified atom stereocenters. The van der Waals surface area contributed by atoms with Crippen molar-refractivity contribution in [1.82, 2.24) is 14.8 Å². The molecule has 2 heterocycles. The minimum absolute atomic E-state index is 0.261. The van der Waals surface area contributed by atoms with Gasteiger partial charge in [-0.2, -0.15) is 9.67 Å². The Morgan fingerprint density at radius 1 is 1.14 bits per heavy atom. The standard InChI is InChI=1S/C15H20FN5/c1-11-10-12(16)6-7-13(11)21-14(17)18-15(19-21)20-8-4-2-3-5-9-20/h6-7,10H,2-5,8-9H2,1H3,(H2,17,18,19). The predicted octanol–water partition coefficient (Wildman–Crippen LogP) is 2.68. The zero-order valence-corrected chi connectivity index (χ0v) is 12.2. The molecule has 5 nitrogen and oxygen atoms in total. The maximum atomic E-state index is 13.2. The fraction of sp³-hybridized carbons (Fsp3) is 0.467. The second-order valence-corrected chi connectivity index (χ2v) is 5.51. The highest BCUT2D eigenvalue weighted by atomic mass is 19.1. The molecule has 21 heavy (non-hydrogen) atoms. The molecule has 0 radical (unpaired) electrons. The van der Waals surface area contributed by atoms with Gasteiger partial charge in [0, 0.05) is 13.1 Å². The Kier molecular flexibility index (Phi) is 3.77. The van der Waals surface area contributed by atoms with Gasteiger partial charge in [-0.25, -0.2) is 4.39 Å². The predicted molar refractivity (Wildman–Crippen MR) is 81.1 cm³/mol. The molecular formula is C15H20FN5. The van der Waals surface area contributed by atoms with Crippen LogP contribution in [-0.2, 0) is 0 Å². The van der Waals surface area contributed by atoms with Gasteiger partial charge in [0.1, 0.15) is 5.82 Å². The zero-order valence-electron chi connectivity index (χ0n) is 12.2. The summed E-state index contributed by atoms with van der Waals surface area (Å²) in [6.07, 6.45) is 4.82. The molecule has 6 heteroatoms. The molecule has 1 aromatic heterocycles. The number of nitrogens with zero attached hydrogens (tertiary/aromatic N) is 4. The normalized spacial score (nSPS) is 16.0. The highest BCUT2D eigenvalue weighted by Crippen LogP contribution is 2.22. The van der Waals surface area contributed by atoms with Crippen molar-refractivity contribution in [1.29, 1.82) is 0 Å². The van der Waals surface area contributed by atoms with Gasteiger partial charge in [0.25, 0.3) is 0 Å². The van der Waals surface area contributed by atoms with E-state index in [-0.39, 0.29) is 5.82 Å². The van der Waals surface area contributed by atoms with Crippen LogP contribution in [0, 0.1) is 12.7 Å². The first-order valence-corrected chi connectivity index (χ1v) is 7.39. The van der Waals surface area contributed by atoms with Crippen molar-refractivity contribution in [3.8, 4) is 5.69 Å². The molecule has 1 fully saturated rings. The third kappa shape index (κ3) is 2.84. The summed E-state index contributed by atoms with van der Waals surface area (Å²) in [6.45, 7) is 3.77. The number of nitrogens with two attached hydrogens (primary N) is 1. The van der Waals surface area contributed by atoms with Gasteiger partial charge in [-0.3, -0.25) is 0 Å². The minimum Gasteiger partial charge on any atom is -0.368 e. The van der Waals surface area contributed by atoms with Crippen molar-refractivity contribution in [2.75, 3.05) is 23.7 Å². The van der Waals surface area contributed by atoms with E-state index in [1.54, 1.807) is 10.7 Å². The van der Waals surface area contributed by atoms with Crippen molar-refractivity contribution in [3.63, 3.8) is 0 Å². The molecule has 112 valence electrons. The van der Waals surface area contributed by atoms with Crippen LogP contribution in [0.15, 0.2) is 18.2 Å². The maximum Gasteiger partial charge on any atom is 0.246 e. The van der Waals surface area contributed by atoms with Gasteiger partial charge < -0.3 is 10.6 Å². The first kappa shape index (κ1) is 13.9. The van der Waals surface area contributed by atoms with Crippen LogP contribution in [0.5, 0.6) is 0 Å². The fourth-order valence-corrected chi connectivity index (χ4v) is 2.75. The summed E-state index contributed by atoms with van der Waals surface area (Å²) in [7, 11) is 0. The van der Waals surface area contributed by atoms with Crippen LogP contribution < -0.4 is 10.6 Å². The number of rotatable bonds is 2. The van der Waals surface area contributed by atoms with E-state index in [0.717, 1.165) is 37.2 Å². The van der Waals surface area contributed by atoms with Gasteiger partial charge in [-0.15, -0.1) is 5.10 Å². The van der Waals surface area contributed by atoms with Crippen molar-refractivity contribution < 1.29 is 4.39 Å². The van der Waals surface area contributed by atoms with Gasteiger partial charge in [-0.05, 0) is 43.5 Å². The average molecular weight is 289 g/mol. The van der Waals surface area contributed by atoms with E-state index in [9.17, 15) is 4.39 Å². The number of halogens is 1. The average Bonchev–Trinajstić information content (AvgIpc) is 2.67. The molecule has 2 aromatic rings. The van der Waals surface area contributed by atoms with Gasteiger partial charge in [0.05, 0.1) is 5.69 Å². The molecule has 1 aliphatic heterocycles. The lowest BCUT2D eigenvalue weighted by Gasteiger charge is -2.17. The number of aryl methyl sites for hydroxylation is 1. The third-order valence-electron chi connectivity index (χ3n) is 3.90. The molecule has 1 saturated heterocycles. The third-order valence-corrected chi connectivity index (χ3v) is 3.90. The molecule has 0 spiro atoms. The summed E-state index contributed by atoms with van der Waals surface area (Å²) in [5.41, 5.74) is 7.55. The van der Waals surface area contributed by atoms with Crippen LogP contribution in [0.2, 0.25) is 0 Å². The number of hydrogen-bond acceptors (Lipinski definition) is 4. The topological polar surface area (TPSA) is 60.0 Å². The number of nitrogen functional groups attached to an aromatic ring is 1. The number of anilines is 2. The van der Waals surface area contributed by atoms with E-state index in [4.69, 9.17) is 5.73 Å². The Morgan fingerprint density at radius 3 is 2.52 bits per heavy atom. The molecule has 1 aromatic carbocycles. The Balaban J connectivity index is 1.93. The van der Waals surface area contributed by atoms with E-state index in [1.807, 2.05) is 6.92 Å². The SMILES string of the molecule is Cc1cc(F)ccc1-n1nc(N2CCCCCC2)nc1N. The summed E-state index contributed by atoms with van der Waals surface area (Å²) < 4.78 is 14.8. The zero-order chi connectivity index (χ0) is 14.8. The summed E-state index contributed by atoms with van der Waals surface area (Å²) in [6, 6.07) is 4.57. The lowest BCUT2D eigenvalue weighted by atomic mass is 10.2. The van der Waals surface area contributed by atoms with Gasteiger partial charge in [0.2, 0.25) is 11.9 Å². The van der Waals surface area contributed by atoms with Crippen LogP contribution in [0.25, 0.3) is 5.69 Å². The summed E-state index contributed by atoms with van der Waals surface area (Å²) in [4.78, 5) is 6.56. The Bertz CT molecular complexity index is 629. The van der Waals surface area contributed by atoms with Crippen LogP contribution in [0.3, 0.4) is 0 Å². The van der Waals surface area contributed by atoms with E-state index in [2.05, 4.69) is 15.0 Å². The van der Waals surface area contributed by atoms with E-state index in [1.165, 1.54) is 25.0 Å². The van der Waals surface area contributed by atoms with Crippen LogP contribution >= 0.6 is 0 Å². The smallest absolute Gasteiger partial charge is 0.246 e. The molecule has 2 N–H and O–H groups in total. The molecule has 3 rings (SSSR count). The van der Waals surface area contributed by atoms with Crippen molar-refractivity contribution in [2.24, 2.45) is 0 Å². The van der Waals surface area contributed by atoms with Crippen molar-refractivity contribution in [3.05, 3.63) is 29.6 Å². The first-order valence-electron chi connectivity index (χ1n) is 7.39. The lowest BCUT2D eigenvalue weighted by Crippen LogP contribution is -2.25. The van der Waals surface area contributed by atoms with Crippen LogP contribution in [-0.4, -0.2) is 27.9 Å². The first-order chi connectivity index (χ1) is 10.1. The van der Waals surface area contributed by atoms with E-state index >= 15 is 0 Å². The van der Waals surface area contributed by atoms with Gasteiger partial charge in [0.15, 0.2) is 0 Å². The van der Waals surface area contributed by atoms with Crippen LogP contribution in [0.4, 0.5) is 16.3 Å². The molecule has 1 aliphatic rings. The Morgan fingerprint density at radius 2 is 1.86 bits per heavy atom. The van der Waals surface area contributed by atoms with Crippen LogP contribution in [0.1, 0.15) is 31.2 Å². The van der Waals surface area contributed by atoms with Crippen molar-refractivity contribution >= 4 is 11.9 Å². The molecule has 0 saturated carbocycles. The van der Waals surface area contributed by atoms with Gasteiger partial charge >= 0.3 is 0 Å². The summed E-state index contributed by atoms with van der Waals surface area (Å²) in [5, 5.41) is 4.52. The van der Waals surface area contributed by atoms with E-state index < -0.39 is 0 Å². The molecule has 0 aliphatic carbocycles. The quantitative estimate of drug-likeness (QED) is 0.923. The molecule has 0 bridgehead atoms. The number of benzene rings is 1. The lowest BCUT2D eigenvalue weighted by molar-refractivity contribution is 0.625.